The van der Waals surface area contributed by atoms with Gasteiger partial charge in [-0.2, -0.15) is 0 Å². The molecule has 2 aromatic carbocycles. The molecule has 1 atom stereocenters. The highest BCUT2D eigenvalue weighted by atomic mass is 16.5. The lowest BCUT2D eigenvalue weighted by Crippen LogP contribution is -2.43. The molecule has 0 aliphatic rings. The molecule has 1 heterocycles. The van der Waals surface area contributed by atoms with Crippen LogP contribution >= 0.6 is 0 Å². The highest BCUT2D eigenvalue weighted by Crippen LogP contribution is 2.30. The van der Waals surface area contributed by atoms with E-state index in [-0.39, 0.29) is 12.5 Å². The van der Waals surface area contributed by atoms with Crippen LogP contribution in [0.1, 0.15) is 20.3 Å². The summed E-state index contributed by atoms with van der Waals surface area (Å²) in [4.78, 5) is 35.5. The molecule has 0 aliphatic carbocycles. The van der Waals surface area contributed by atoms with Gasteiger partial charge < -0.3 is 24.3 Å². The SMILES string of the molecule is COc1ccc(-c2cc(=O)oc3cc(OCC(=O)N[C@@H](CC(C)C)C(=O)O)ccc23)cc1. The molecule has 0 saturated carbocycles. The van der Waals surface area contributed by atoms with Gasteiger partial charge in [0.05, 0.1) is 7.11 Å². The smallest absolute Gasteiger partial charge is 0.336 e. The number of hydrogen-bond donors (Lipinski definition) is 2. The first-order valence-corrected chi connectivity index (χ1v) is 10.1. The van der Waals surface area contributed by atoms with Crippen molar-refractivity contribution in [1.82, 2.24) is 5.32 Å². The molecule has 0 radical (unpaired) electrons. The Labute approximate surface area is 184 Å². The molecule has 1 amide bonds. The van der Waals surface area contributed by atoms with Crippen molar-refractivity contribution in [1.29, 1.82) is 0 Å². The summed E-state index contributed by atoms with van der Waals surface area (Å²) in [7, 11) is 1.58. The molecule has 0 fully saturated rings. The Morgan fingerprint density at radius 3 is 2.38 bits per heavy atom. The molecule has 0 bridgehead atoms. The number of amides is 1. The zero-order chi connectivity index (χ0) is 23.3. The minimum Gasteiger partial charge on any atom is -0.497 e. The molecule has 0 aliphatic heterocycles. The second-order valence-corrected chi connectivity index (χ2v) is 7.74. The lowest BCUT2D eigenvalue weighted by Gasteiger charge is -2.16. The number of carbonyl (C=O) groups is 2. The number of aliphatic carboxylic acids is 1. The molecule has 0 unspecified atom stereocenters. The highest BCUT2D eigenvalue weighted by Gasteiger charge is 2.21. The number of carbonyl (C=O) groups excluding carboxylic acids is 1. The molecule has 168 valence electrons. The first kappa shape index (κ1) is 22.9. The van der Waals surface area contributed by atoms with Crippen molar-refractivity contribution < 1.29 is 28.6 Å². The van der Waals surface area contributed by atoms with Crippen LogP contribution in [-0.2, 0) is 9.59 Å². The van der Waals surface area contributed by atoms with Crippen LogP contribution < -0.4 is 20.4 Å². The van der Waals surface area contributed by atoms with Crippen LogP contribution in [0.3, 0.4) is 0 Å². The molecule has 3 rings (SSSR count). The third-order valence-electron chi connectivity index (χ3n) is 4.83. The largest absolute Gasteiger partial charge is 0.497 e. The molecule has 8 nitrogen and oxygen atoms in total. The number of nitrogens with one attached hydrogen (secondary N) is 1. The Kier molecular flexibility index (Phi) is 7.14. The number of ether oxygens (including phenoxy) is 2. The standard InChI is InChI=1S/C24H25NO7/c1-14(2)10-20(24(28)29)25-22(26)13-31-17-8-9-18-19(12-23(27)32-21(18)11-17)15-4-6-16(30-3)7-5-15/h4-9,11-12,14,20H,10,13H2,1-3H3,(H,25,26)(H,28,29)/t20-/m0/s1. The van der Waals surface area contributed by atoms with Gasteiger partial charge in [0.25, 0.3) is 5.91 Å². The van der Waals surface area contributed by atoms with Gasteiger partial charge in [-0.15, -0.1) is 0 Å². The average molecular weight is 439 g/mol. The number of rotatable bonds is 9. The maximum absolute atomic E-state index is 12.1. The maximum atomic E-state index is 12.1. The quantitative estimate of drug-likeness (QED) is 0.491. The number of carboxylic acids is 1. The minimum atomic E-state index is -1.09. The van der Waals surface area contributed by atoms with Crippen LogP contribution in [0.15, 0.2) is 57.7 Å². The normalized spacial score (nSPS) is 11.9. The summed E-state index contributed by atoms with van der Waals surface area (Å²) in [6.07, 6.45) is 0.316. The van der Waals surface area contributed by atoms with Crippen molar-refractivity contribution in [3.63, 3.8) is 0 Å². The Morgan fingerprint density at radius 2 is 1.75 bits per heavy atom. The van der Waals surface area contributed by atoms with Gasteiger partial charge in [-0.1, -0.05) is 26.0 Å². The zero-order valence-corrected chi connectivity index (χ0v) is 18.1. The first-order chi connectivity index (χ1) is 15.3. The van der Waals surface area contributed by atoms with E-state index in [1.54, 1.807) is 31.4 Å². The van der Waals surface area contributed by atoms with Crippen molar-refractivity contribution in [2.24, 2.45) is 5.92 Å². The van der Waals surface area contributed by atoms with Crippen LogP contribution in [0.2, 0.25) is 0 Å². The van der Waals surface area contributed by atoms with E-state index >= 15 is 0 Å². The van der Waals surface area contributed by atoms with Gasteiger partial charge in [0.1, 0.15) is 23.1 Å². The molecule has 1 aromatic heterocycles. The van der Waals surface area contributed by atoms with Gasteiger partial charge in [-0.3, -0.25) is 4.79 Å². The number of hydrogen-bond acceptors (Lipinski definition) is 6. The fraction of sp³-hybridized carbons (Fsp3) is 0.292. The van der Waals surface area contributed by atoms with Crippen molar-refractivity contribution in [3.05, 3.63) is 59.0 Å². The number of fused-ring (bicyclic) bond motifs is 1. The molecule has 8 heteroatoms. The van der Waals surface area contributed by atoms with Gasteiger partial charge in [-0.25, -0.2) is 9.59 Å². The van der Waals surface area contributed by atoms with Gasteiger partial charge in [0, 0.05) is 17.5 Å². The van der Waals surface area contributed by atoms with Crippen molar-refractivity contribution >= 4 is 22.8 Å². The molecule has 32 heavy (non-hydrogen) atoms. The van der Waals surface area contributed by atoms with Crippen molar-refractivity contribution in [3.8, 4) is 22.6 Å². The van der Waals surface area contributed by atoms with E-state index in [4.69, 9.17) is 13.9 Å². The summed E-state index contributed by atoms with van der Waals surface area (Å²) in [6, 6.07) is 12.7. The Morgan fingerprint density at radius 1 is 1.06 bits per heavy atom. The summed E-state index contributed by atoms with van der Waals surface area (Å²) in [5.74, 6) is -0.510. The van der Waals surface area contributed by atoms with Crippen LogP contribution in [0.25, 0.3) is 22.1 Å². The summed E-state index contributed by atoms with van der Waals surface area (Å²) >= 11 is 0. The summed E-state index contributed by atoms with van der Waals surface area (Å²) in [5, 5.41) is 12.4. The van der Waals surface area contributed by atoms with E-state index < -0.39 is 23.5 Å². The lowest BCUT2D eigenvalue weighted by atomic mass is 10.0. The van der Waals surface area contributed by atoms with Gasteiger partial charge in [0.2, 0.25) is 0 Å². The topological polar surface area (TPSA) is 115 Å². The van der Waals surface area contributed by atoms with E-state index in [0.717, 1.165) is 5.56 Å². The second-order valence-electron chi connectivity index (χ2n) is 7.74. The average Bonchev–Trinajstić information content (AvgIpc) is 2.76. The minimum absolute atomic E-state index is 0.112. The molecular formula is C24H25NO7. The summed E-state index contributed by atoms with van der Waals surface area (Å²) in [6.45, 7) is 3.39. The van der Waals surface area contributed by atoms with Crippen LogP contribution in [0, 0.1) is 5.92 Å². The number of carboxylic acid groups (broad SMARTS) is 1. The van der Waals surface area contributed by atoms with E-state index in [1.165, 1.54) is 12.1 Å². The Balaban J connectivity index is 1.77. The van der Waals surface area contributed by atoms with E-state index in [1.807, 2.05) is 26.0 Å². The van der Waals surface area contributed by atoms with Crippen molar-refractivity contribution in [2.75, 3.05) is 13.7 Å². The predicted octanol–water partition coefficient (Wildman–Crippen LogP) is 3.46. The van der Waals surface area contributed by atoms with Crippen LogP contribution in [0.4, 0.5) is 0 Å². The molecule has 0 saturated heterocycles. The highest BCUT2D eigenvalue weighted by molar-refractivity contribution is 5.94. The van der Waals surface area contributed by atoms with E-state index in [9.17, 15) is 19.5 Å². The van der Waals surface area contributed by atoms with Crippen molar-refractivity contribution in [2.45, 2.75) is 26.3 Å². The Bertz CT molecular complexity index is 1170. The number of methoxy groups -OCH3 is 1. The van der Waals surface area contributed by atoms with Crippen LogP contribution in [-0.4, -0.2) is 36.7 Å². The van der Waals surface area contributed by atoms with E-state index in [2.05, 4.69) is 5.32 Å². The fourth-order valence-electron chi connectivity index (χ4n) is 3.32. The predicted molar refractivity (Wildman–Crippen MR) is 119 cm³/mol. The van der Waals surface area contributed by atoms with Gasteiger partial charge in [0.15, 0.2) is 6.61 Å². The van der Waals surface area contributed by atoms with Crippen LogP contribution in [0.5, 0.6) is 11.5 Å². The fourth-order valence-corrected chi connectivity index (χ4v) is 3.32. The third kappa shape index (κ3) is 5.66. The van der Waals surface area contributed by atoms with Gasteiger partial charge in [-0.05, 0) is 47.7 Å². The molecule has 3 aromatic rings. The lowest BCUT2D eigenvalue weighted by molar-refractivity contribution is -0.142. The zero-order valence-electron chi connectivity index (χ0n) is 18.1. The van der Waals surface area contributed by atoms with E-state index in [0.29, 0.717) is 34.5 Å². The second kappa shape index (κ2) is 10.00. The monoisotopic (exact) mass is 439 g/mol. The first-order valence-electron chi connectivity index (χ1n) is 10.1. The molecular weight excluding hydrogens is 414 g/mol. The number of benzene rings is 2. The summed E-state index contributed by atoms with van der Waals surface area (Å²) in [5.41, 5.74) is 1.31. The molecule has 0 spiro atoms. The Hall–Kier alpha value is -3.81. The summed E-state index contributed by atoms with van der Waals surface area (Å²) < 4.78 is 16.0. The third-order valence-corrected chi connectivity index (χ3v) is 4.83. The van der Waals surface area contributed by atoms with Gasteiger partial charge >= 0.3 is 11.6 Å². The maximum Gasteiger partial charge on any atom is 0.336 e. The molecule has 2 N–H and O–H groups in total.